The smallest absolute Gasteiger partial charge is 0.243 e. The van der Waals surface area contributed by atoms with Crippen molar-refractivity contribution in [3.8, 4) is 0 Å². The van der Waals surface area contributed by atoms with Gasteiger partial charge in [-0.2, -0.15) is 0 Å². The van der Waals surface area contributed by atoms with Crippen LogP contribution in [0.5, 0.6) is 0 Å². The quantitative estimate of drug-likeness (QED) is 0.474. The van der Waals surface area contributed by atoms with Crippen molar-refractivity contribution in [1.29, 1.82) is 0 Å². The Morgan fingerprint density at radius 2 is 1.84 bits per heavy atom. The van der Waals surface area contributed by atoms with E-state index in [9.17, 15) is 9.59 Å². The molecule has 0 bridgehead atoms. The second-order valence-corrected chi connectivity index (χ2v) is 9.23. The summed E-state index contributed by atoms with van der Waals surface area (Å²) in [5, 5.41) is 3.63. The van der Waals surface area contributed by atoms with Gasteiger partial charge in [0.25, 0.3) is 0 Å². The van der Waals surface area contributed by atoms with Crippen molar-refractivity contribution in [2.75, 3.05) is 5.75 Å². The van der Waals surface area contributed by atoms with Crippen LogP contribution in [0.25, 0.3) is 0 Å². The first-order valence-corrected chi connectivity index (χ1v) is 12.4. The monoisotopic (exact) mass is 460 g/mol. The van der Waals surface area contributed by atoms with Crippen molar-refractivity contribution in [3.63, 3.8) is 0 Å². The molecule has 0 aliphatic rings. The van der Waals surface area contributed by atoms with Gasteiger partial charge in [0.15, 0.2) is 0 Å². The molecule has 2 atom stereocenters. The molecule has 0 spiro atoms. The average Bonchev–Trinajstić information content (AvgIpc) is 2.74. The molecule has 2 aromatic carbocycles. The number of nitrogens with zero attached hydrogens (tertiary/aromatic N) is 1. The summed E-state index contributed by atoms with van der Waals surface area (Å²) in [4.78, 5) is 27.9. The molecule has 0 radical (unpaired) electrons. The Balaban J connectivity index is 2.15. The molecule has 0 fully saturated rings. The van der Waals surface area contributed by atoms with Gasteiger partial charge < -0.3 is 10.2 Å². The van der Waals surface area contributed by atoms with Gasteiger partial charge >= 0.3 is 0 Å². The van der Waals surface area contributed by atoms with Crippen LogP contribution in [0.1, 0.15) is 50.3 Å². The van der Waals surface area contributed by atoms with E-state index in [1.807, 2.05) is 51.1 Å². The number of carbonyl (C=O) groups is 2. The first kappa shape index (κ1) is 25.3. The Morgan fingerprint density at radius 1 is 1.10 bits per heavy atom. The van der Waals surface area contributed by atoms with Gasteiger partial charge in [0.05, 0.1) is 5.75 Å². The lowest BCUT2D eigenvalue weighted by atomic mass is 10.1. The van der Waals surface area contributed by atoms with Crippen molar-refractivity contribution >= 4 is 35.2 Å². The van der Waals surface area contributed by atoms with Crippen molar-refractivity contribution < 1.29 is 9.59 Å². The molecule has 0 unspecified atom stereocenters. The summed E-state index contributed by atoms with van der Waals surface area (Å²) in [5.41, 5.74) is 3.24. The summed E-state index contributed by atoms with van der Waals surface area (Å²) in [6.45, 7) is 8.32. The van der Waals surface area contributed by atoms with Crippen LogP contribution in [-0.2, 0) is 21.9 Å². The lowest BCUT2D eigenvalue weighted by Crippen LogP contribution is -2.51. The molecule has 2 amide bonds. The van der Waals surface area contributed by atoms with E-state index in [2.05, 4.69) is 30.4 Å². The zero-order valence-corrected chi connectivity index (χ0v) is 20.4. The molecular weight excluding hydrogens is 428 g/mol. The van der Waals surface area contributed by atoms with Crippen LogP contribution in [-0.4, -0.2) is 34.6 Å². The van der Waals surface area contributed by atoms with Gasteiger partial charge in [-0.3, -0.25) is 9.59 Å². The summed E-state index contributed by atoms with van der Waals surface area (Å²) in [6, 6.07) is 15.3. The van der Waals surface area contributed by atoms with E-state index in [0.29, 0.717) is 23.7 Å². The van der Waals surface area contributed by atoms with Gasteiger partial charge in [-0.1, -0.05) is 73.5 Å². The van der Waals surface area contributed by atoms with Crippen LogP contribution < -0.4 is 5.32 Å². The fourth-order valence-electron chi connectivity index (χ4n) is 3.31. The highest BCUT2D eigenvalue weighted by Crippen LogP contribution is 2.21. The number of hydrogen-bond donors (Lipinski definition) is 1. The standard InChI is InChI=1S/C25H33ClN2O2S/c1-5-19(4)27-25(30)23(6-2)28(15-21-12-7-8-13-22(21)26)24(29)17-31-16-20-11-9-10-18(3)14-20/h7-14,19,23H,5-6,15-17H2,1-4H3,(H,27,30)/t19-,23-/m0/s1. The molecule has 4 nitrogen and oxygen atoms in total. The minimum atomic E-state index is -0.530. The predicted octanol–water partition coefficient (Wildman–Crippen LogP) is 5.60. The molecule has 0 saturated carbocycles. The molecular formula is C25H33ClN2O2S. The van der Waals surface area contributed by atoms with Crippen molar-refractivity contribution in [2.24, 2.45) is 0 Å². The van der Waals surface area contributed by atoms with Crippen LogP contribution in [0, 0.1) is 6.92 Å². The molecule has 1 N–H and O–H groups in total. The molecule has 0 aliphatic heterocycles. The first-order chi connectivity index (χ1) is 14.8. The Hall–Kier alpha value is -1.98. The van der Waals surface area contributed by atoms with E-state index >= 15 is 0 Å². The molecule has 6 heteroatoms. The third-order valence-electron chi connectivity index (χ3n) is 5.26. The second-order valence-electron chi connectivity index (χ2n) is 7.84. The first-order valence-electron chi connectivity index (χ1n) is 10.8. The van der Waals surface area contributed by atoms with Gasteiger partial charge in [0, 0.05) is 23.4 Å². The number of benzene rings is 2. The molecule has 0 aromatic heterocycles. The summed E-state index contributed by atoms with van der Waals surface area (Å²) in [6.07, 6.45) is 1.38. The lowest BCUT2D eigenvalue weighted by Gasteiger charge is -2.31. The largest absolute Gasteiger partial charge is 0.352 e. The Bertz CT molecular complexity index is 874. The van der Waals surface area contributed by atoms with Gasteiger partial charge in [0.1, 0.15) is 6.04 Å². The highest BCUT2D eigenvalue weighted by atomic mass is 35.5. The Morgan fingerprint density at radius 3 is 2.48 bits per heavy atom. The molecule has 2 rings (SSSR count). The fourth-order valence-corrected chi connectivity index (χ4v) is 4.37. The van der Waals surface area contributed by atoms with Crippen LogP contribution in [0.3, 0.4) is 0 Å². The summed E-state index contributed by atoms with van der Waals surface area (Å²) in [5.74, 6) is 0.902. The molecule has 0 saturated heterocycles. The molecule has 31 heavy (non-hydrogen) atoms. The second kappa shape index (κ2) is 12.8. The van der Waals surface area contributed by atoms with Gasteiger partial charge in [0.2, 0.25) is 11.8 Å². The summed E-state index contributed by atoms with van der Waals surface area (Å²) < 4.78 is 0. The van der Waals surface area contributed by atoms with Gasteiger partial charge in [-0.15, -0.1) is 11.8 Å². The minimum Gasteiger partial charge on any atom is -0.352 e. The van der Waals surface area contributed by atoms with Gasteiger partial charge in [-0.05, 0) is 43.9 Å². The maximum atomic E-state index is 13.3. The van der Waals surface area contributed by atoms with Crippen LogP contribution in [0.4, 0.5) is 0 Å². The Labute approximate surface area is 195 Å². The van der Waals surface area contributed by atoms with E-state index in [1.54, 1.807) is 16.7 Å². The third-order valence-corrected chi connectivity index (χ3v) is 6.62. The normalized spacial score (nSPS) is 12.8. The van der Waals surface area contributed by atoms with Gasteiger partial charge in [-0.25, -0.2) is 0 Å². The van der Waals surface area contributed by atoms with E-state index < -0.39 is 6.04 Å². The van der Waals surface area contributed by atoms with E-state index in [-0.39, 0.29) is 17.9 Å². The maximum absolute atomic E-state index is 13.3. The fraction of sp³-hybridized carbons (Fsp3) is 0.440. The van der Waals surface area contributed by atoms with E-state index in [0.717, 1.165) is 17.7 Å². The van der Waals surface area contributed by atoms with E-state index in [4.69, 9.17) is 11.6 Å². The molecule has 0 aliphatic carbocycles. The summed E-state index contributed by atoms with van der Waals surface area (Å²) in [7, 11) is 0. The number of thioether (sulfide) groups is 1. The van der Waals surface area contributed by atoms with Crippen LogP contribution in [0.2, 0.25) is 5.02 Å². The average molecular weight is 461 g/mol. The zero-order valence-electron chi connectivity index (χ0n) is 18.9. The lowest BCUT2D eigenvalue weighted by molar-refractivity contribution is -0.139. The predicted molar refractivity (Wildman–Crippen MR) is 131 cm³/mol. The third kappa shape index (κ3) is 7.89. The number of rotatable bonds is 11. The number of amides is 2. The summed E-state index contributed by atoms with van der Waals surface area (Å²) >= 11 is 7.93. The SMILES string of the molecule is CC[C@H](C)NC(=O)[C@H](CC)N(Cc1ccccc1Cl)C(=O)CSCc1cccc(C)c1. The van der Waals surface area contributed by atoms with Crippen molar-refractivity contribution in [2.45, 2.75) is 64.9 Å². The highest BCUT2D eigenvalue weighted by molar-refractivity contribution is 7.99. The van der Waals surface area contributed by atoms with Crippen molar-refractivity contribution in [3.05, 3.63) is 70.2 Å². The molecule has 168 valence electrons. The Kier molecular flexibility index (Phi) is 10.4. The maximum Gasteiger partial charge on any atom is 0.243 e. The van der Waals surface area contributed by atoms with E-state index in [1.165, 1.54) is 11.1 Å². The minimum absolute atomic E-state index is 0.0521. The highest BCUT2D eigenvalue weighted by Gasteiger charge is 2.29. The topological polar surface area (TPSA) is 49.4 Å². The van der Waals surface area contributed by atoms with Crippen molar-refractivity contribution in [1.82, 2.24) is 10.2 Å². The molecule has 2 aromatic rings. The number of nitrogens with one attached hydrogen (secondary N) is 1. The van der Waals surface area contributed by atoms with Crippen LogP contribution >= 0.6 is 23.4 Å². The molecule has 0 heterocycles. The number of hydrogen-bond acceptors (Lipinski definition) is 3. The zero-order chi connectivity index (χ0) is 22.8. The number of aryl methyl sites for hydroxylation is 1. The number of carbonyl (C=O) groups excluding carboxylic acids is 2. The van der Waals surface area contributed by atoms with Crippen LogP contribution in [0.15, 0.2) is 48.5 Å². The number of halogens is 1.